The summed E-state index contributed by atoms with van der Waals surface area (Å²) >= 11 is 3.28. The summed E-state index contributed by atoms with van der Waals surface area (Å²) in [6, 6.07) is 5.45. The predicted octanol–water partition coefficient (Wildman–Crippen LogP) is 0.698. The minimum atomic E-state index is -1.16. The van der Waals surface area contributed by atoms with Gasteiger partial charge in [-0.25, -0.2) is 14.7 Å². The van der Waals surface area contributed by atoms with Crippen molar-refractivity contribution in [1.82, 2.24) is 5.01 Å². The molecule has 8 nitrogen and oxygen atoms in total. The van der Waals surface area contributed by atoms with E-state index < -0.39 is 35.7 Å². The van der Waals surface area contributed by atoms with Crippen LogP contribution in [0.25, 0.3) is 0 Å². The van der Waals surface area contributed by atoms with Gasteiger partial charge < -0.3 is 4.74 Å². The molecule has 24 heavy (non-hydrogen) atoms. The average Bonchev–Trinajstić information content (AvgIpc) is 3.05. The molecule has 2 unspecified atom stereocenters. The second-order valence-electron chi connectivity index (χ2n) is 5.25. The summed E-state index contributed by atoms with van der Waals surface area (Å²) in [5.74, 6) is -3.77. The van der Waals surface area contributed by atoms with E-state index in [9.17, 15) is 19.2 Å². The van der Waals surface area contributed by atoms with Gasteiger partial charge in [0.2, 0.25) is 11.8 Å². The van der Waals surface area contributed by atoms with Gasteiger partial charge in [0.1, 0.15) is 5.92 Å². The summed E-state index contributed by atoms with van der Waals surface area (Å²) in [5.41, 5.74) is 0.107. The zero-order chi connectivity index (χ0) is 17.6. The first-order valence-electron chi connectivity index (χ1n) is 6.96. The van der Waals surface area contributed by atoms with E-state index in [2.05, 4.69) is 25.8 Å². The highest BCUT2D eigenvalue weighted by Gasteiger charge is 2.59. The molecule has 2 aliphatic rings. The van der Waals surface area contributed by atoms with Crippen molar-refractivity contribution in [2.45, 2.75) is 13.0 Å². The Bertz CT molecular complexity index is 806. The first kappa shape index (κ1) is 16.3. The Morgan fingerprint density at radius 2 is 1.96 bits per heavy atom. The van der Waals surface area contributed by atoms with Gasteiger partial charge in [0.05, 0.1) is 12.8 Å². The third-order valence-corrected chi connectivity index (χ3v) is 4.33. The second-order valence-corrected chi connectivity index (χ2v) is 6.17. The van der Waals surface area contributed by atoms with Gasteiger partial charge in [-0.15, -0.1) is 0 Å². The number of carbonyl (C=O) groups is 4. The van der Waals surface area contributed by atoms with Crippen LogP contribution >= 0.6 is 15.9 Å². The van der Waals surface area contributed by atoms with Crippen LogP contribution in [0.3, 0.4) is 0 Å². The Morgan fingerprint density at radius 3 is 2.54 bits per heavy atom. The SMILES string of the molecule is COC(=O)C1=NN(C(C)=O)C2C(=O)N(c3cccc(Br)c3)C(=O)C12. The maximum absolute atomic E-state index is 12.8. The van der Waals surface area contributed by atoms with Gasteiger partial charge in [-0.05, 0) is 18.2 Å². The number of hydrogen-bond donors (Lipinski definition) is 0. The molecule has 2 atom stereocenters. The van der Waals surface area contributed by atoms with Crippen LogP contribution in [0.15, 0.2) is 33.8 Å². The fraction of sp³-hybridized carbons (Fsp3) is 0.267. The van der Waals surface area contributed by atoms with Crippen LogP contribution in [0, 0.1) is 5.92 Å². The smallest absolute Gasteiger partial charge is 0.355 e. The first-order chi connectivity index (χ1) is 11.4. The largest absolute Gasteiger partial charge is 0.464 e. The van der Waals surface area contributed by atoms with Crippen LogP contribution in [0.1, 0.15) is 6.92 Å². The van der Waals surface area contributed by atoms with Gasteiger partial charge in [-0.1, -0.05) is 22.0 Å². The van der Waals surface area contributed by atoms with Crippen molar-refractivity contribution in [3.63, 3.8) is 0 Å². The van der Waals surface area contributed by atoms with Gasteiger partial charge >= 0.3 is 5.97 Å². The van der Waals surface area contributed by atoms with Gasteiger partial charge in [-0.2, -0.15) is 5.10 Å². The molecule has 3 rings (SSSR count). The molecule has 1 fully saturated rings. The van der Waals surface area contributed by atoms with E-state index in [-0.39, 0.29) is 5.71 Å². The summed E-state index contributed by atoms with van der Waals surface area (Å²) in [6.45, 7) is 1.21. The fourth-order valence-corrected chi connectivity index (χ4v) is 3.21. The number of benzene rings is 1. The minimum absolute atomic E-state index is 0.242. The summed E-state index contributed by atoms with van der Waals surface area (Å²) in [4.78, 5) is 50.2. The maximum Gasteiger partial charge on any atom is 0.355 e. The molecular weight excluding hydrogens is 382 g/mol. The number of nitrogens with zero attached hydrogens (tertiary/aromatic N) is 3. The quantitative estimate of drug-likeness (QED) is 0.544. The molecule has 0 aliphatic carbocycles. The lowest BCUT2D eigenvalue weighted by molar-refractivity contribution is -0.136. The molecule has 124 valence electrons. The first-order valence-corrected chi connectivity index (χ1v) is 7.76. The molecule has 2 aliphatic heterocycles. The van der Waals surface area contributed by atoms with Crippen LogP contribution in [-0.2, 0) is 23.9 Å². The highest BCUT2D eigenvalue weighted by atomic mass is 79.9. The summed E-state index contributed by atoms with van der Waals surface area (Å²) in [7, 11) is 1.14. The third-order valence-electron chi connectivity index (χ3n) is 3.83. The summed E-state index contributed by atoms with van der Waals surface area (Å²) in [5, 5.41) is 4.71. The lowest BCUT2D eigenvalue weighted by atomic mass is 9.98. The number of methoxy groups -OCH3 is 1. The molecule has 2 heterocycles. The highest BCUT2D eigenvalue weighted by Crippen LogP contribution is 2.36. The molecule has 0 spiro atoms. The Kier molecular flexibility index (Phi) is 3.96. The molecule has 0 bridgehead atoms. The van der Waals surface area contributed by atoms with E-state index >= 15 is 0 Å². The maximum atomic E-state index is 12.8. The molecule has 0 saturated carbocycles. The van der Waals surface area contributed by atoms with Gasteiger partial charge in [0, 0.05) is 11.4 Å². The molecule has 0 N–H and O–H groups in total. The van der Waals surface area contributed by atoms with Gasteiger partial charge in [-0.3, -0.25) is 14.4 Å². The van der Waals surface area contributed by atoms with Crippen molar-refractivity contribution in [1.29, 1.82) is 0 Å². The van der Waals surface area contributed by atoms with Crippen LogP contribution in [0.4, 0.5) is 5.69 Å². The van der Waals surface area contributed by atoms with Crippen LogP contribution in [-0.4, -0.2) is 47.6 Å². The zero-order valence-corrected chi connectivity index (χ0v) is 14.3. The molecule has 1 aromatic carbocycles. The van der Waals surface area contributed by atoms with Crippen LogP contribution < -0.4 is 4.90 Å². The molecule has 3 amide bonds. The van der Waals surface area contributed by atoms with Crippen molar-refractivity contribution in [3.8, 4) is 0 Å². The number of ether oxygens (including phenoxy) is 1. The molecule has 1 saturated heterocycles. The van der Waals surface area contributed by atoms with E-state index in [1.807, 2.05) is 0 Å². The van der Waals surface area contributed by atoms with Crippen LogP contribution in [0.5, 0.6) is 0 Å². The second kappa shape index (κ2) is 5.82. The highest BCUT2D eigenvalue weighted by molar-refractivity contribution is 9.10. The zero-order valence-electron chi connectivity index (χ0n) is 12.7. The number of halogens is 1. The van der Waals surface area contributed by atoms with Crippen molar-refractivity contribution in [2.24, 2.45) is 11.0 Å². The number of anilines is 1. The van der Waals surface area contributed by atoms with E-state index in [1.54, 1.807) is 24.3 Å². The normalized spacial score (nSPS) is 22.5. The van der Waals surface area contributed by atoms with Crippen molar-refractivity contribution < 1.29 is 23.9 Å². The van der Waals surface area contributed by atoms with E-state index in [1.165, 1.54) is 6.92 Å². The Morgan fingerprint density at radius 1 is 1.25 bits per heavy atom. The van der Waals surface area contributed by atoms with Crippen molar-refractivity contribution >= 4 is 51.0 Å². The monoisotopic (exact) mass is 393 g/mol. The lowest BCUT2D eigenvalue weighted by Crippen LogP contribution is -2.41. The summed E-state index contributed by atoms with van der Waals surface area (Å²) in [6.07, 6.45) is 0. The number of hydrogen-bond acceptors (Lipinski definition) is 6. The lowest BCUT2D eigenvalue weighted by Gasteiger charge is -2.19. The third kappa shape index (κ3) is 2.32. The average molecular weight is 394 g/mol. The molecule has 9 heteroatoms. The van der Waals surface area contributed by atoms with E-state index in [0.717, 1.165) is 17.0 Å². The Balaban J connectivity index is 2.07. The number of carbonyl (C=O) groups excluding carboxylic acids is 4. The van der Waals surface area contributed by atoms with Gasteiger partial charge in [0.15, 0.2) is 11.8 Å². The number of rotatable bonds is 2. The Labute approximate surface area is 145 Å². The fourth-order valence-electron chi connectivity index (χ4n) is 2.82. The standard InChI is InChI=1S/C15H12BrN3O5/c1-7(20)19-12-10(11(17-19)15(23)24-2)13(21)18(14(12)22)9-5-3-4-8(16)6-9/h3-6,10,12H,1-2H3. The molecule has 0 radical (unpaired) electrons. The number of hydrazone groups is 1. The topological polar surface area (TPSA) is 96.3 Å². The van der Waals surface area contributed by atoms with Crippen molar-refractivity contribution in [3.05, 3.63) is 28.7 Å². The van der Waals surface area contributed by atoms with Gasteiger partial charge in [0.25, 0.3) is 5.91 Å². The minimum Gasteiger partial charge on any atom is -0.464 e. The number of amides is 3. The van der Waals surface area contributed by atoms with Crippen molar-refractivity contribution in [2.75, 3.05) is 12.0 Å². The number of esters is 1. The van der Waals surface area contributed by atoms with Crippen LogP contribution in [0.2, 0.25) is 0 Å². The molecule has 1 aromatic rings. The Hall–Kier alpha value is -2.55. The molecule has 0 aromatic heterocycles. The number of imide groups is 1. The van der Waals surface area contributed by atoms with E-state index in [4.69, 9.17) is 0 Å². The molecular formula is C15H12BrN3O5. The predicted molar refractivity (Wildman–Crippen MR) is 85.9 cm³/mol. The summed E-state index contributed by atoms with van der Waals surface area (Å²) < 4.78 is 5.30. The number of fused-ring (bicyclic) bond motifs is 1. The van der Waals surface area contributed by atoms with E-state index in [0.29, 0.717) is 10.2 Å².